The van der Waals surface area contributed by atoms with Crippen LogP contribution in [0, 0.1) is 0 Å². The number of thiazole rings is 1. The quantitative estimate of drug-likeness (QED) is 0.721. The molecule has 144 valence electrons. The van der Waals surface area contributed by atoms with Gasteiger partial charge in [0.15, 0.2) is 11.5 Å². The Bertz CT molecular complexity index is 680. The van der Waals surface area contributed by atoms with Crippen molar-refractivity contribution in [1.82, 2.24) is 15.6 Å². The van der Waals surface area contributed by atoms with Gasteiger partial charge in [0.05, 0.1) is 18.3 Å². The molecule has 6 nitrogen and oxygen atoms in total. The highest BCUT2D eigenvalue weighted by Crippen LogP contribution is 2.28. The number of carbonyl (C=O) groups is 1. The Morgan fingerprint density at radius 2 is 2.23 bits per heavy atom. The first-order valence-electron chi connectivity index (χ1n) is 7.96. The second-order valence-corrected chi connectivity index (χ2v) is 6.36. The molecule has 1 saturated heterocycles. The molecule has 0 aliphatic carbocycles. The van der Waals surface area contributed by atoms with E-state index in [1.165, 1.54) is 17.8 Å². The Hall–Kier alpha value is -1.54. The van der Waals surface area contributed by atoms with Crippen molar-refractivity contribution < 1.29 is 14.3 Å². The lowest BCUT2D eigenvalue weighted by Crippen LogP contribution is -2.37. The first-order valence-corrected chi connectivity index (χ1v) is 8.90. The molecule has 1 aromatic carbocycles. The lowest BCUT2D eigenvalue weighted by atomic mass is 10.1. The van der Waals surface area contributed by atoms with Crippen molar-refractivity contribution >= 4 is 42.1 Å². The van der Waals surface area contributed by atoms with E-state index in [0.29, 0.717) is 36.3 Å². The average Bonchev–Trinajstić information content (AvgIpc) is 3.31. The van der Waals surface area contributed by atoms with Crippen LogP contribution in [0.5, 0.6) is 11.5 Å². The van der Waals surface area contributed by atoms with Crippen molar-refractivity contribution in [3.8, 4) is 11.5 Å². The standard InChI is InChI=1S/C17H21N3O3S.2ClH/c1-22-16-7-12(17(21)19-8-13-3-2-6-18-13)4-5-15(16)23-9-14-10-24-11-20-14;;/h4-5,7,10-11,13,18H,2-3,6,8-9H2,1H3,(H,19,21);2*1H. The highest BCUT2D eigenvalue weighted by molar-refractivity contribution is 7.07. The summed E-state index contributed by atoms with van der Waals surface area (Å²) in [6.45, 7) is 2.04. The second kappa shape index (κ2) is 11.2. The summed E-state index contributed by atoms with van der Waals surface area (Å²) >= 11 is 1.53. The molecule has 2 N–H and O–H groups in total. The Balaban J connectivity index is 0.00000169. The lowest BCUT2D eigenvalue weighted by molar-refractivity contribution is 0.0950. The normalized spacial score (nSPS) is 15.5. The number of ether oxygens (including phenoxy) is 2. The topological polar surface area (TPSA) is 72.5 Å². The predicted molar refractivity (Wildman–Crippen MR) is 107 cm³/mol. The second-order valence-electron chi connectivity index (χ2n) is 5.64. The van der Waals surface area contributed by atoms with Crippen molar-refractivity contribution in [2.24, 2.45) is 0 Å². The van der Waals surface area contributed by atoms with Crippen LogP contribution in [0.2, 0.25) is 0 Å². The zero-order chi connectivity index (χ0) is 16.8. The van der Waals surface area contributed by atoms with E-state index in [9.17, 15) is 4.79 Å². The van der Waals surface area contributed by atoms with Crippen LogP contribution in [0.4, 0.5) is 0 Å². The van der Waals surface area contributed by atoms with Crippen molar-refractivity contribution in [2.75, 3.05) is 20.2 Å². The molecule has 3 rings (SSSR count). The third kappa shape index (κ3) is 6.02. The summed E-state index contributed by atoms with van der Waals surface area (Å²) < 4.78 is 11.1. The summed E-state index contributed by atoms with van der Waals surface area (Å²) in [6, 6.07) is 5.58. The van der Waals surface area contributed by atoms with E-state index >= 15 is 0 Å². The smallest absolute Gasteiger partial charge is 0.251 e. The zero-order valence-electron chi connectivity index (χ0n) is 14.4. The maximum atomic E-state index is 12.3. The lowest BCUT2D eigenvalue weighted by Gasteiger charge is -2.13. The van der Waals surface area contributed by atoms with Crippen LogP contribution in [-0.4, -0.2) is 37.1 Å². The summed E-state index contributed by atoms with van der Waals surface area (Å²) in [5.74, 6) is 1.03. The number of rotatable bonds is 7. The van der Waals surface area contributed by atoms with Crippen molar-refractivity contribution in [1.29, 1.82) is 0 Å². The van der Waals surface area contributed by atoms with Crippen LogP contribution in [-0.2, 0) is 6.61 Å². The van der Waals surface area contributed by atoms with Gasteiger partial charge in [-0.15, -0.1) is 36.2 Å². The molecule has 9 heteroatoms. The van der Waals surface area contributed by atoms with E-state index in [0.717, 1.165) is 18.7 Å². The predicted octanol–water partition coefficient (Wildman–Crippen LogP) is 3.06. The van der Waals surface area contributed by atoms with Gasteiger partial charge in [-0.1, -0.05) is 0 Å². The van der Waals surface area contributed by atoms with E-state index < -0.39 is 0 Å². The van der Waals surface area contributed by atoms with E-state index in [-0.39, 0.29) is 30.7 Å². The van der Waals surface area contributed by atoms with Gasteiger partial charge in [0.25, 0.3) is 5.91 Å². The number of nitrogens with one attached hydrogen (secondary N) is 2. The fraction of sp³-hybridized carbons (Fsp3) is 0.412. The minimum absolute atomic E-state index is 0. The zero-order valence-corrected chi connectivity index (χ0v) is 16.8. The number of methoxy groups -OCH3 is 1. The van der Waals surface area contributed by atoms with Crippen LogP contribution >= 0.6 is 36.2 Å². The number of hydrogen-bond donors (Lipinski definition) is 2. The van der Waals surface area contributed by atoms with Gasteiger partial charge in [-0.2, -0.15) is 0 Å². The van der Waals surface area contributed by atoms with Crippen LogP contribution in [0.25, 0.3) is 0 Å². The van der Waals surface area contributed by atoms with E-state index in [1.807, 2.05) is 5.38 Å². The Labute approximate surface area is 169 Å². The van der Waals surface area contributed by atoms with Gasteiger partial charge in [0, 0.05) is 23.5 Å². The van der Waals surface area contributed by atoms with Gasteiger partial charge in [-0.05, 0) is 37.6 Å². The molecule has 1 fully saturated rings. The van der Waals surface area contributed by atoms with E-state index in [4.69, 9.17) is 9.47 Å². The fourth-order valence-electron chi connectivity index (χ4n) is 2.64. The van der Waals surface area contributed by atoms with Crippen LogP contribution < -0.4 is 20.1 Å². The molecule has 0 spiro atoms. The molecule has 1 atom stereocenters. The maximum Gasteiger partial charge on any atom is 0.251 e. The number of aromatic nitrogens is 1. The SMILES string of the molecule is COc1cc(C(=O)NCC2CCCN2)ccc1OCc1cscn1.Cl.Cl. The van der Waals surface area contributed by atoms with Gasteiger partial charge in [-0.25, -0.2) is 4.98 Å². The first kappa shape index (κ1) is 22.5. The van der Waals surface area contributed by atoms with Crippen LogP contribution in [0.15, 0.2) is 29.1 Å². The molecule has 2 aromatic rings. The van der Waals surface area contributed by atoms with E-state index in [2.05, 4.69) is 15.6 Å². The third-order valence-corrected chi connectivity index (χ3v) is 4.59. The Kier molecular flexibility index (Phi) is 9.72. The van der Waals surface area contributed by atoms with Crippen LogP contribution in [0.3, 0.4) is 0 Å². The van der Waals surface area contributed by atoms with Crippen molar-refractivity contribution in [3.05, 3.63) is 40.3 Å². The number of carbonyl (C=O) groups excluding carboxylic acids is 1. The molecule has 1 aliphatic heterocycles. The largest absolute Gasteiger partial charge is 0.493 e. The van der Waals surface area contributed by atoms with Gasteiger partial charge in [0.2, 0.25) is 0 Å². The molecule has 1 unspecified atom stereocenters. The van der Waals surface area contributed by atoms with Crippen LogP contribution in [0.1, 0.15) is 28.9 Å². The monoisotopic (exact) mass is 419 g/mol. The fourth-order valence-corrected chi connectivity index (χ4v) is 3.18. The van der Waals surface area contributed by atoms with Gasteiger partial charge >= 0.3 is 0 Å². The summed E-state index contributed by atoms with van der Waals surface area (Å²) in [7, 11) is 1.56. The van der Waals surface area contributed by atoms with Crippen molar-refractivity contribution in [3.63, 3.8) is 0 Å². The third-order valence-electron chi connectivity index (χ3n) is 3.96. The highest BCUT2D eigenvalue weighted by Gasteiger charge is 2.16. The maximum absolute atomic E-state index is 12.3. The minimum Gasteiger partial charge on any atom is -0.493 e. The van der Waals surface area contributed by atoms with Gasteiger partial charge in [-0.3, -0.25) is 4.79 Å². The first-order chi connectivity index (χ1) is 11.8. The Morgan fingerprint density at radius 1 is 1.38 bits per heavy atom. The van der Waals surface area contributed by atoms with E-state index in [1.54, 1.807) is 30.8 Å². The molecule has 1 amide bonds. The number of halogens is 2. The summed E-state index contributed by atoms with van der Waals surface area (Å²) in [4.78, 5) is 16.5. The molecule has 0 saturated carbocycles. The summed E-state index contributed by atoms with van der Waals surface area (Å²) in [6.07, 6.45) is 2.27. The molecule has 0 bridgehead atoms. The molecule has 26 heavy (non-hydrogen) atoms. The number of hydrogen-bond acceptors (Lipinski definition) is 6. The van der Waals surface area contributed by atoms with Gasteiger partial charge in [0.1, 0.15) is 6.61 Å². The summed E-state index contributed by atoms with van der Waals surface area (Å²) in [5, 5.41) is 8.26. The minimum atomic E-state index is -0.104. The number of amides is 1. The molecule has 1 aromatic heterocycles. The van der Waals surface area contributed by atoms with Crippen molar-refractivity contribution in [2.45, 2.75) is 25.5 Å². The molecular weight excluding hydrogens is 397 g/mol. The number of benzene rings is 1. The molecule has 1 aliphatic rings. The number of nitrogens with zero attached hydrogens (tertiary/aromatic N) is 1. The highest BCUT2D eigenvalue weighted by atomic mass is 35.5. The molecule has 0 radical (unpaired) electrons. The average molecular weight is 420 g/mol. The van der Waals surface area contributed by atoms with Gasteiger partial charge < -0.3 is 20.1 Å². The summed E-state index contributed by atoms with van der Waals surface area (Å²) in [5.41, 5.74) is 3.20. The molecule has 2 heterocycles. The molecular formula is C17H23Cl2N3O3S. The Morgan fingerprint density at radius 3 is 2.88 bits per heavy atom.